The fourth-order valence-electron chi connectivity index (χ4n) is 4.04. The molecule has 1 saturated heterocycles. The fraction of sp³-hybridized carbons (Fsp3) is 0.500. The average Bonchev–Trinajstić information content (AvgIpc) is 2.80. The monoisotopic (exact) mass is 412 g/mol. The first-order valence-electron chi connectivity index (χ1n) is 10.5. The standard InChI is InChI=1S/C22H28N4O4/c1-29-19(27)15-26-21(28)20-18(24-22(26)25-11-13-30-14-12-25)10-9-17(23-20)8-7-16-5-3-2-4-6-16/h2-6,17,23H,7-15H2,1H3/t17-/m0/s1. The lowest BCUT2D eigenvalue weighted by Crippen LogP contribution is -2.43. The van der Waals surface area contributed by atoms with Crippen molar-refractivity contribution >= 4 is 17.6 Å². The molecule has 1 aromatic heterocycles. The molecule has 0 spiro atoms. The highest BCUT2D eigenvalue weighted by atomic mass is 16.5. The fourth-order valence-corrected chi connectivity index (χ4v) is 4.04. The summed E-state index contributed by atoms with van der Waals surface area (Å²) in [7, 11) is 1.32. The lowest BCUT2D eigenvalue weighted by Gasteiger charge is -2.32. The molecule has 0 aliphatic carbocycles. The van der Waals surface area contributed by atoms with E-state index in [1.165, 1.54) is 17.2 Å². The van der Waals surface area contributed by atoms with E-state index in [4.69, 9.17) is 14.5 Å². The molecule has 2 aliphatic heterocycles. The number of hydrogen-bond acceptors (Lipinski definition) is 7. The topological polar surface area (TPSA) is 85.7 Å². The van der Waals surface area contributed by atoms with Gasteiger partial charge in [-0.2, -0.15) is 0 Å². The van der Waals surface area contributed by atoms with Gasteiger partial charge in [0.25, 0.3) is 5.56 Å². The molecule has 8 heteroatoms. The van der Waals surface area contributed by atoms with Gasteiger partial charge in [-0.25, -0.2) is 4.98 Å². The Labute approximate surface area is 175 Å². The number of aromatic nitrogens is 2. The van der Waals surface area contributed by atoms with Crippen LogP contribution in [-0.4, -0.2) is 55.0 Å². The first kappa shape index (κ1) is 20.4. The first-order valence-corrected chi connectivity index (χ1v) is 10.5. The highest BCUT2D eigenvalue weighted by Crippen LogP contribution is 2.25. The number of ether oxygens (including phenoxy) is 2. The number of morpholine rings is 1. The van der Waals surface area contributed by atoms with Gasteiger partial charge in [-0.15, -0.1) is 0 Å². The third-order valence-corrected chi connectivity index (χ3v) is 5.74. The Balaban J connectivity index is 1.59. The molecule has 2 aromatic rings. The van der Waals surface area contributed by atoms with E-state index >= 15 is 0 Å². The summed E-state index contributed by atoms with van der Waals surface area (Å²) in [6.07, 6.45) is 3.55. The number of carbonyl (C=O) groups excluding carboxylic acids is 1. The summed E-state index contributed by atoms with van der Waals surface area (Å²) >= 11 is 0. The van der Waals surface area contributed by atoms with Gasteiger partial charge in [0, 0.05) is 19.1 Å². The van der Waals surface area contributed by atoms with Crippen LogP contribution in [0.5, 0.6) is 0 Å². The predicted octanol–water partition coefficient (Wildman–Crippen LogP) is 1.61. The average molecular weight is 412 g/mol. The molecule has 0 unspecified atom stereocenters. The van der Waals surface area contributed by atoms with Gasteiger partial charge in [0.1, 0.15) is 12.2 Å². The predicted molar refractivity (Wildman–Crippen MR) is 114 cm³/mol. The molecule has 0 saturated carbocycles. The van der Waals surface area contributed by atoms with E-state index < -0.39 is 5.97 Å². The Morgan fingerprint density at radius 1 is 1.27 bits per heavy atom. The van der Waals surface area contributed by atoms with Crippen molar-refractivity contribution in [3.8, 4) is 0 Å². The molecule has 1 aromatic carbocycles. The highest BCUT2D eigenvalue weighted by molar-refractivity contribution is 5.70. The van der Waals surface area contributed by atoms with Gasteiger partial charge in [-0.05, 0) is 31.2 Å². The van der Waals surface area contributed by atoms with Crippen LogP contribution in [0.1, 0.15) is 24.1 Å². The first-order chi connectivity index (χ1) is 14.7. The molecular weight excluding hydrogens is 384 g/mol. The van der Waals surface area contributed by atoms with Gasteiger partial charge >= 0.3 is 5.97 Å². The largest absolute Gasteiger partial charge is 0.468 e. The molecule has 4 rings (SSSR count). The van der Waals surface area contributed by atoms with Crippen LogP contribution < -0.4 is 15.8 Å². The van der Waals surface area contributed by atoms with Crippen molar-refractivity contribution in [3.05, 3.63) is 51.9 Å². The van der Waals surface area contributed by atoms with Crippen molar-refractivity contribution in [3.63, 3.8) is 0 Å². The Bertz CT molecular complexity index is 938. The third-order valence-electron chi connectivity index (χ3n) is 5.74. The maximum absolute atomic E-state index is 13.3. The molecule has 160 valence electrons. The zero-order valence-electron chi connectivity index (χ0n) is 17.3. The van der Waals surface area contributed by atoms with Gasteiger partial charge in [0.15, 0.2) is 0 Å². The van der Waals surface area contributed by atoms with Gasteiger partial charge in [-0.1, -0.05) is 30.3 Å². The molecule has 0 radical (unpaired) electrons. The summed E-state index contributed by atoms with van der Waals surface area (Å²) in [5.41, 5.74) is 2.36. The van der Waals surface area contributed by atoms with Crippen LogP contribution in [0.25, 0.3) is 0 Å². The van der Waals surface area contributed by atoms with Crippen LogP contribution in [-0.2, 0) is 33.7 Å². The lowest BCUT2D eigenvalue weighted by atomic mass is 9.97. The molecule has 2 aliphatic rings. The number of nitrogens with one attached hydrogen (secondary N) is 1. The molecule has 30 heavy (non-hydrogen) atoms. The Hall–Kier alpha value is -2.87. The minimum atomic E-state index is -0.468. The van der Waals surface area contributed by atoms with E-state index in [1.54, 1.807) is 0 Å². The normalized spacial score (nSPS) is 18.4. The van der Waals surface area contributed by atoms with Crippen molar-refractivity contribution in [2.45, 2.75) is 38.3 Å². The van der Waals surface area contributed by atoms with Gasteiger partial charge < -0.3 is 19.7 Å². The minimum Gasteiger partial charge on any atom is -0.468 e. The molecule has 1 N–H and O–H groups in total. The van der Waals surface area contributed by atoms with Gasteiger partial charge in [0.2, 0.25) is 5.95 Å². The van der Waals surface area contributed by atoms with E-state index in [9.17, 15) is 9.59 Å². The second-order valence-electron chi connectivity index (χ2n) is 7.70. The molecule has 1 fully saturated rings. The Kier molecular flexibility index (Phi) is 6.32. The number of hydrogen-bond donors (Lipinski definition) is 1. The SMILES string of the molecule is COC(=O)Cn1c(N2CCOCC2)nc2c(c1=O)N[C@@H](CCc1ccccc1)CC2. The maximum Gasteiger partial charge on any atom is 0.325 e. The quantitative estimate of drug-likeness (QED) is 0.722. The number of carbonyl (C=O) groups is 1. The third kappa shape index (κ3) is 4.48. The molecule has 3 heterocycles. The van der Waals surface area contributed by atoms with Crippen LogP contribution >= 0.6 is 0 Å². The minimum absolute atomic E-state index is 0.154. The summed E-state index contributed by atoms with van der Waals surface area (Å²) in [6, 6.07) is 10.5. The van der Waals surface area contributed by atoms with Crippen molar-refractivity contribution in [1.82, 2.24) is 9.55 Å². The molecule has 0 amide bonds. The summed E-state index contributed by atoms with van der Waals surface area (Å²) in [4.78, 5) is 32.1. The lowest BCUT2D eigenvalue weighted by molar-refractivity contribution is -0.141. The number of rotatable bonds is 6. The second-order valence-corrected chi connectivity index (χ2v) is 7.70. The second kappa shape index (κ2) is 9.30. The smallest absolute Gasteiger partial charge is 0.325 e. The molecule has 0 bridgehead atoms. The zero-order chi connectivity index (χ0) is 20.9. The van der Waals surface area contributed by atoms with E-state index in [0.717, 1.165) is 31.4 Å². The molecule has 8 nitrogen and oxygen atoms in total. The maximum atomic E-state index is 13.3. The van der Waals surface area contributed by atoms with E-state index in [-0.39, 0.29) is 18.1 Å². The number of fused-ring (bicyclic) bond motifs is 1. The van der Waals surface area contributed by atoms with Crippen molar-refractivity contribution < 1.29 is 14.3 Å². The number of methoxy groups -OCH3 is 1. The van der Waals surface area contributed by atoms with Crippen LogP contribution in [0.15, 0.2) is 35.1 Å². The Morgan fingerprint density at radius 3 is 2.77 bits per heavy atom. The van der Waals surface area contributed by atoms with Crippen LogP contribution in [0.2, 0.25) is 0 Å². The number of esters is 1. The van der Waals surface area contributed by atoms with E-state index in [1.807, 2.05) is 23.1 Å². The van der Waals surface area contributed by atoms with Gasteiger partial charge in [0.05, 0.1) is 26.0 Å². The number of nitrogens with zero attached hydrogens (tertiary/aromatic N) is 3. The van der Waals surface area contributed by atoms with Gasteiger partial charge in [-0.3, -0.25) is 14.2 Å². The van der Waals surface area contributed by atoms with Crippen LogP contribution in [0, 0.1) is 0 Å². The number of benzene rings is 1. The summed E-state index contributed by atoms with van der Waals surface area (Å²) in [5, 5.41) is 3.41. The van der Waals surface area contributed by atoms with Crippen molar-refractivity contribution in [2.75, 3.05) is 43.6 Å². The summed E-state index contributed by atoms with van der Waals surface area (Å²) < 4.78 is 11.7. The summed E-state index contributed by atoms with van der Waals surface area (Å²) in [5.74, 6) is 0.0572. The molecular formula is C22H28N4O4. The highest BCUT2D eigenvalue weighted by Gasteiger charge is 2.27. The van der Waals surface area contributed by atoms with E-state index in [2.05, 4.69) is 17.4 Å². The number of anilines is 2. The molecule has 1 atom stereocenters. The van der Waals surface area contributed by atoms with Crippen LogP contribution in [0.4, 0.5) is 11.6 Å². The van der Waals surface area contributed by atoms with Crippen molar-refractivity contribution in [1.29, 1.82) is 0 Å². The van der Waals surface area contributed by atoms with Crippen LogP contribution in [0.3, 0.4) is 0 Å². The Morgan fingerprint density at radius 2 is 2.03 bits per heavy atom. The van der Waals surface area contributed by atoms with Crippen molar-refractivity contribution in [2.24, 2.45) is 0 Å². The zero-order valence-corrected chi connectivity index (χ0v) is 17.3. The summed E-state index contributed by atoms with van der Waals surface area (Å²) in [6.45, 7) is 2.27. The number of aryl methyl sites for hydroxylation is 2. The van der Waals surface area contributed by atoms with E-state index in [0.29, 0.717) is 37.9 Å².